The summed E-state index contributed by atoms with van der Waals surface area (Å²) in [5.41, 5.74) is 2.31. The van der Waals surface area contributed by atoms with Gasteiger partial charge in [0, 0.05) is 19.2 Å². The molecule has 0 saturated heterocycles. The maximum atomic E-state index is 12.1. The Hall–Kier alpha value is -2.63. The molecule has 26 heavy (non-hydrogen) atoms. The van der Waals surface area contributed by atoms with Crippen molar-refractivity contribution in [1.82, 2.24) is 5.32 Å². The third-order valence-corrected chi connectivity index (χ3v) is 4.22. The van der Waals surface area contributed by atoms with E-state index in [1.165, 1.54) is 25.3 Å². The average Bonchev–Trinajstić information content (AvgIpc) is 2.62. The summed E-state index contributed by atoms with van der Waals surface area (Å²) in [6, 6.07) is 6.32. The first-order valence-electron chi connectivity index (χ1n) is 9.00. The Morgan fingerprint density at radius 3 is 2.50 bits per heavy atom. The minimum absolute atomic E-state index is 0.186. The van der Waals surface area contributed by atoms with E-state index in [-0.39, 0.29) is 11.8 Å². The van der Waals surface area contributed by atoms with Crippen molar-refractivity contribution < 1.29 is 19.1 Å². The second-order valence-electron chi connectivity index (χ2n) is 6.46. The lowest BCUT2D eigenvalue weighted by molar-refractivity contribution is -0.129. The number of nitrogens with one attached hydrogen (secondary N) is 2. The molecule has 1 aromatic rings. The molecule has 0 heterocycles. The zero-order valence-electron chi connectivity index (χ0n) is 15.3. The molecule has 1 atom stereocenters. The fourth-order valence-corrected chi connectivity index (χ4v) is 2.80. The number of hydrogen-bond acceptors (Lipinski definition) is 4. The molecule has 2 rings (SSSR count). The summed E-state index contributed by atoms with van der Waals surface area (Å²) >= 11 is 0. The van der Waals surface area contributed by atoms with Crippen molar-refractivity contribution in [1.29, 1.82) is 0 Å². The van der Waals surface area contributed by atoms with Crippen LogP contribution in [0.1, 0.15) is 56.3 Å². The monoisotopic (exact) mass is 358 g/mol. The predicted octanol–water partition coefficient (Wildman–Crippen LogP) is 3.20. The first-order valence-corrected chi connectivity index (χ1v) is 9.00. The molecule has 0 aromatic heterocycles. The van der Waals surface area contributed by atoms with Crippen LogP contribution in [-0.2, 0) is 14.3 Å². The normalized spacial score (nSPS) is 14.8. The Morgan fingerprint density at radius 2 is 1.88 bits per heavy atom. The predicted molar refractivity (Wildman–Crippen MR) is 99.8 cm³/mol. The standard InChI is InChI=1S/C20H26N2O4/c1-14(19(24)21-13-12-16-6-4-3-5-7-16)26-20(25)17-8-10-18(11-9-17)22-15(2)23/h6,8-11,14H,3-5,7,12-13H2,1-2H3,(H,21,24)(H,22,23)/t14-/m0/s1. The van der Waals surface area contributed by atoms with Crippen LogP contribution >= 0.6 is 0 Å². The lowest BCUT2D eigenvalue weighted by Gasteiger charge is -2.15. The average molecular weight is 358 g/mol. The number of ether oxygens (including phenoxy) is 1. The minimum atomic E-state index is -0.863. The van der Waals surface area contributed by atoms with E-state index in [4.69, 9.17) is 4.74 Å². The number of rotatable bonds is 7. The van der Waals surface area contributed by atoms with Crippen LogP contribution in [0.15, 0.2) is 35.9 Å². The van der Waals surface area contributed by atoms with Crippen molar-refractivity contribution in [2.45, 2.75) is 52.1 Å². The molecule has 0 fully saturated rings. The number of esters is 1. The van der Waals surface area contributed by atoms with Crippen LogP contribution < -0.4 is 10.6 Å². The van der Waals surface area contributed by atoms with Gasteiger partial charge >= 0.3 is 5.97 Å². The molecule has 0 spiro atoms. The van der Waals surface area contributed by atoms with Gasteiger partial charge in [-0.25, -0.2) is 4.79 Å². The number of carbonyl (C=O) groups excluding carboxylic acids is 3. The molecule has 6 heteroatoms. The van der Waals surface area contributed by atoms with Gasteiger partial charge in [-0.1, -0.05) is 11.6 Å². The maximum Gasteiger partial charge on any atom is 0.338 e. The highest BCUT2D eigenvalue weighted by Crippen LogP contribution is 2.19. The lowest BCUT2D eigenvalue weighted by atomic mass is 9.97. The summed E-state index contributed by atoms with van der Waals surface area (Å²) in [5, 5.41) is 5.43. The van der Waals surface area contributed by atoms with Crippen LogP contribution in [-0.4, -0.2) is 30.4 Å². The van der Waals surface area contributed by atoms with Gasteiger partial charge in [0.25, 0.3) is 5.91 Å². The number of benzene rings is 1. The van der Waals surface area contributed by atoms with Gasteiger partial charge in [-0.15, -0.1) is 0 Å². The SMILES string of the molecule is CC(=O)Nc1ccc(C(=O)O[C@@H](C)C(=O)NCCC2=CCCCC2)cc1. The molecular weight excluding hydrogens is 332 g/mol. The van der Waals surface area contributed by atoms with Crippen molar-refractivity contribution in [2.75, 3.05) is 11.9 Å². The highest BCUT2D eigenvalue weighted by molar-refractivity contribution is 5.93. The first kappa shape index (κ1) is 19.7. The van der Waals surface area contributed by atoms with E-state index in [0.29, 0.717) is 17.8 Å². The fraction of sp³-hybridized carbons (Fsp3) is 0.450. The van der Waals surface area contributed by atoms with Crippen LogP contribution in [0.2, 0.25) is 0 Å². The largest absolute Gasteiger partial charge is 0.449 e. The molecule has 0 unspecified atom stereocenters. The molecule has 2 amide bonds. The number of allylic oxidation sites excluding steroid dienone is 1. The van der Waals surface area contributed by atoms with E-state index >= 15 is 0 Å². The maximum absolute atomic E-state index is 12.1. The van der Waals surface area contributed by atoms with Crippen LogP contribution in [0, 0.1) is 0 Å². The number of hydrogen-bond donors (Lipinski definition) is 2. The molecule has 1 aromatic carbocycles. The molecule has 0 aliphatic heterocycles. The van der Waals surface area contributed by atoms with E-state index in [0.717, 1.165) is 19.3 Å². The van der Waals surface area contributed by atoms with Gasteiger partial charge in [0.1, 0.15) is 0 Å². The van der Waals surface area contributed by atoms with Gasteiger partial charge in [0.05, 0.1) is 5.56 Å². The van der Waals surface area contributed by atoms with Gasteiger partial charge in [0.15, 0.2) is 6.10 Å². The van der Waals surface area contributed by atoms with Crippen LogP contribution in [0.3, 0.4) is 0 Å². The molecule has 140 valence electrons. The van der Waals surface area contributed by atoms with E-state index in [2.05, 4.69) is 16.7 Å². The Bertz CT molecular complexity index is 680. The number of amides is 2. The fourth-order valence-electron chi connectivity index (χ4n) is 2.80. The van der Waals surface area contributed by atoms with E-state index in [9.17, 15) is 14.4 Å². The summed E-state index contributed by atoms with van der Waals surface area (Å²) in [6.45, 7) is 3.52. The molecule has 6 nitrogen and oxygen atoms in total. The van der Waals surface area contributed by atoms with Gasteiger partial charge in [-0.05, 0) is 63.3 Å². The van der Waals surface area contributed by atoms with Crippen molar-refractivity contribution in [3.63, 3.8) is 0 Å². The number of carbonyl (C=O) groups is 3. The number of anilines is 1. The van der Waals surface area contributed by atoms with Crippen LogP contribution in [0.5, 0.6) is 0 Å². The van der Waals surface area contributed by atoms with E-state index < -0.39 is 12.1 Å². The summed E-state index contributed by atoms with van der Waals surface area (Å²) < 4.78 is 5.21. The van der Waals surface area contributed by atoms with Gasteiger partial charge in [0.2, 0.25) is 5.91 Å². The summed E-state index contributed by atoms with van der Waals surface area (Å²) in [6.07, 6.45) is 6.93. The molecule has 2 N–H and O–H groups in total. The first-order chi connectivity index (χ1) is 12.5. The smallest absolute Gasteiger partial charge is 0.338 e. The molecule has 0 bridgehead atoms. The molecule has 1 aliphatic rings. The van der Waals surface area contributed by atoms with Crippen LogP contribution in [0.25, 0.3) is 0 Å². The van der Waals surface area contributed by atoms with Gasteiger partial charge in [-0.2, -0.15) is 0 Å². The van der Waals surface area contributed by atoms with Crippen molar-refractivity contribution in [3.8, 4) is 0 Å². The second kappa shape index (κ2) is 9.75. The molecule has 0 saturated carbocycles. The van der Waals surface area contributed by atoms with Gasteiger partial charge < -0.3 is 15.4 Å². The van der Waals surface area contributed by atoms with Crippen molar-refractivity contribution in [2.24, 2.45) is 0 Å². The topological polar surface area (TPSA) is 84.5 Å². The summed E-state index contributed by atoms with van der Waals surface area (Å²) in [5.74, 6) is -1.06. The summed E-state index contributed by atoms with van der Waals surface area (Å²) in [4.78, 5) is 35.2. The Labute approximate surface area is 154 Å². The van der Waals surface area contributed by atoms with Crippen molar-refractivity contribution >= 4 is 23.5 Å². The van der Waals surface area contributed by atoms with E-state index in [1.807, 2.05) is 0 Å². The lowest BCUT2D eigenvalue weighted by Crippen LogP contribution is -2.36. The Kier molecular flexibility index (Phi) is 7.38. The van der Waals surface area contributed by atoms with E-state index in [1.54, 1.807) is 31.2 Å². The highest BCUT2D eigenvalue weighted by Gasteiger charge is 2.18. The quantitative estimate of drug-likeness (QED) is 0.579. The zero-order chi connectivity index (χ0) is 18.9. The van der Waals surface area contributed by atoms with Gasteiger partial charge in [-0.3, -0.25) is 9.59 Å². The molecular formula is C20H26N2O4. The second-order valence-corrected chi connectivity index (χ2v) is 6.46. The van der Waals surface area contributed by atoms with Crippen LogP contribution in [0.4, 0.5) is 5.69 Å². The molecule has 0 radical (unpaired) electrons. The third kappa shape index (κ3) is 6.35. The van der Waals surface area contributed by atoms with Crippen molar-refractivity contribution in [3.05, 3.63) is 41.5 Å². The highest BCUT2D eigenvalue weighted by atomic mass is 16.5. The Morgan fingerprint density at radius 1 is 1.15 bits per heavy atom. The zero-order valence-corrected chi connectivity index (χ0v) is 15.3. The summed E-state index contributed by atoms with van der Waals surface area (Å²) in [7, 11) is 0. The Balaban J connectivity index is 1.77. The molecule has 1 aliphatic carbocycles. The third-order valence-electron chi connectivity index (χ3n) is 4.22. The minimum Gasteiger partial charge on any atom is -0.449 e.